The van der Waals surface area contributed by atoms with Crippen LogP contribution in [0.15, 0.2) is 11.4 Å². The molecule has 0 radical (unpaired) electrons. The molecule has 20 heavy (non-hydrogen) atoms. The van der Waals surface area contributed by atoms with Crippen LogP contribution >= 0.6 is 11.3 Å². The van der Waals surface area contributed by atoms with Gasteiger partial charge in [-0.2, -0.15) is 4.31 Å². The second-order valence-electron chi connectivity index (χ2n) is 4.17. The van der Waals surface area contributed by atoms with Gasteiger partial charge in [0.15, 0.2) is 14.9 Å². The summed E-state index contributed by atoms with van der Waals surface area (Å²) in [5.74, 6) is 5.21. The van der Waals surface area contributed by atoms with Crippen molar-refractivity contribution in [3.63, 3.8) is 0 Å². The number of hydrogen-bond acceptors (Lipinski definition) is 6. The Morgan fingerprint density at radius 3 is 2.55 bits per heavy atom. The van der Waals surface area contributed by atoms with Crippen LogP contribution in [-0.4, -0.2) is 51.2 Å². The third-order valence-corrected chi connectivity index (χ3v) is 7.09. The van der Waals surface area contributed by atoms with Crippen molar-refractivity contribution in [1.29, 1.82) is 0 Å². The van der Waals surface area contributed by atoms with E-state index < -0.39 is 24.9 Å². The number of aliphatic hydroxyl groups excluding tert-OH is 1. The molecule has 1 aromatic rings. The van der Waals surface area contributed by atoms with Crippen molar-refractivity contribution in [3.05, 3.63) is 21.9 Å². The minimum Gasteiger partial charge on any atom is -0.384 e. The first-order chi connectivity index (χ1) is 9.14. The van der Waals surface area contributed by atoms with Crippen LogP contribution in [0, 0.1) is 11.8 Å². The molecule has 0 saturated carbocycles. The van der Waals surface area contributed by atoms with Crippen molar-refractivity contribution in [2.24, 2.45) is 0 Å². The van der Waals surface area contributed by atoms with E-state index in [1.165, 1.54) is 18.4 Å². The summed E-state index contributed by atoms with van der Waals surface area (Å²) < 4.78 is 46.8. The van der Waals surface area contributed by atoms with Crippen LogP contribution in [0.3, 0.4) is 0 Å². The Labute approximate surface area is 123 Å². The third kappa shape index (κ3) is 5.60. The second-order valence-corrected chi connectivity index (χ2v) is 9.75. The maximum absolute atomic E-state index is 11.8. The lowest BCUT2D eigenvalue weighted by molar-refractivity contribution is 0.350. The van der Waals surface area contributed by atoms with Crippen molar-refractivity contribution in [1.82, 2.24) is 4.31 Å². The Bertz CT molecular complexity index is 722. The van der Waals surface area contributed by atoms with Crippen molar-refractivity contribution in [3.8, 4) is 11.8 Å². The number of thiophene rings is 1. The van der Waals surface area contributed by atoms with E-state index in [4.69, 9.17) is 5.11 Å². The maximum atomic E-state index is 11.8. The lowest BCUT2D eigenvalue weighted by atomic mass is 10.3. The second kappa shape index (κ2) is 6.69. The van der Waals surface area contributed by atoms with Gasteiger partial charge in [-0.05, 0) is 6.07 Å². The molecule has 1 aromatic heterocycles. The number of sulfone groups is 1. The molecule has 0 aliphatic heterocycles. The largest absolute Gasteiger partial charge is 0.384 e. The SMILES string of the molecule is CN(Cc1cc(C#CCO)cs1)S(=O)(=O)CS(C)(=O)=O. The van der Waals surface area contributed by atoms with Crippen LogP contribution in [-0.2, 0) is 26.4 Å². The van der Waals surface area contributed by atoms with E-state index in [1.807, 2.05) is 0 Å². The van der Waals surface area contributed by atoms with Crippen LogP contribution in [0.2, 0.25) is 0 Å². The van der Waals surface area contributed by atoms with Crippen LogP contribution in [0.1, 0.15) is 10.4 Å². The molecule has 6 nitrogen and oxygen atoms in total. The number of sulfonamides is 1. The van der Waals surface area contributed by atoms with Gasteiger partial charge in [0.2, 0.25) is 10.0 Å². The van der Waals surface area contributed by atoms with E-state index in [0.29, 0.717) is 5.56 Å². The minimum absolute atomic E-state index is 0.0866. The quantitative estimate of drug-likeness (QED) is 0.755. The third-order valence-electron chi connectivity index (χ3n) is 2.18. The highest BCUT2D eigenvalue weighted by atomic mass is 32.3. The molecule has 1 rings (SSSR count). The predicted octanol–water partition coefficient (Wildman–Crippen LogP) is -0.144. The molecule has 0 aliphatic carbocycles. The lowest BCUT2D eigenvalue weighted by Crippen LogP contribution is -2.31. The Morgan fingerprint density at radius 2 is 2.00 bits per heavy atom. The molecule has 0 saturated heterocycles. The first kappa shape index (κ1) is 17.1. The molecule has 1 heterocycles. The van der Waals surface area contributed by atoms with Gasteiger partial charge in [0.1, 0.15) is 6.61 Å². The molecule has 0 amide bonds. The first-order valence-electron chi connectivity index (χ1n) is 5.43. The summed E-state index contributed by atoms with van der Waals surface area (Å²) in [6, 6.07) is 1.71. The summed E-state index contributed by atoms with van der Waals surface area (Å²) in [4.78, 5) is 0.742. The molecule has 9 heteroatoms. The highest BCUT2D eigenvalue weighted by Crippen LogP contribution is 2.17. The monoisotopic (exact) mass is 337 g/mol. The molecular weight excluding hydrogens is 322 g/mol. The number of nitrogens with zero attached hydrogens (tertiary/aromatic N) is 1. The van der Waals surface area contributed by atoms with Crippen LogP contribution in [0.5, 0.6) is 0 Å². The van der Waals surface area contributed by atoms with Crippen LogP contribution in [0.25, 0.3) is 0 Å². The zero-order chi connectivity index (χ0) is 15.4. The minimum atomic E-state index is -3.85. The molecule has 0 fully saturated rings. The summed E-state index contributed by atoms with van der Waals surface area (Å²) in [7, 11) is -6.12. The summed E-state index contributed by atoms with van der Waals surface area (Å²) in [6.45, 7) is -0.156. The van der Waals surface area contributed by atoms with E-state index in [1.54, 1.807) is 11.4 Å². The van der Waals surface area contributed by atoms with E-state index in [9.17, 15) is 16.8 Å². The zero-order valence-corrected chi connectivity index (χ0v) is 13.5. The van der Waals surface area contributed by atoms with Crippen molar-refractivity contribution >= 4 is 31.2 Å². The highest BCUT2D eigenvalue weighted by molar-refractivity contribution is 8.06. The average molecular weight is 337 g/mol. The fraction of sp³-hybridized carbons (Fsp3) is 0.455. The number of aliphatic hydroxyl groups is 1. The van der Waals surface area contributed by atoms with Gasteiger partial charge in [0.05, 0.1) is 0 Å². The lowest BCUT2D eigenvalue weighted by Gasteiger charge is -2.15. The summed E-state index contributed by atoms with van der Waals surface area (Å²) in [6.07, 6.45) is 0.881. The molecular formula is C11H15NO5S3. The summed E-state index contributed by atoms with van der Waals surface area (Å²) >= 11 is 1.32. The van der Waals surface area contributed by atoms with Crippen molar-refractivity contribution < 1.29 is 21.9 Å². The highest BCUT2D eigenvalue weighted by Gasteiger charge is 2.23. The Balaban J connectivity index is 2.80. The molecule has 0 aromatic carbocycles. The number of rotatable bonds is 5. The van der Waals surface area contributed by atoms with Gasteiger partial charge in [0, 0.05) is 35.7 Å². The van der Waals surface area contributed by atoms with E-state index in [0.717, 1.165) is 15.4 Å². The zero-order valence-electron chi connectivity index (χ0n) is 11.0. The topological polar surface area (TPSA) is 91.8 Å². The fourth-order valence-corrected chi connectivity index (χ4v) is 5.52. The molecule has 0 unspecified atom stereocenters. The summed E-state index contributed by atoms with van der Waals surface area (Å²) in [5.41, 5.74) is 0.688. The molecule has 1 N–H and O–H groups in total. The molecule has 0 bridgehead atoms. The Hall–Kier alpha value is -0.920. The van der Waals surface area contributed by atoms with Gasteiger partial charge in [0.25, 0.3) is 0 Å². The van der Waals surface area contributed by atoms with E-state index >= 15 is 0 Å². The normalized spacial score (nSPS) is 12.2. The van der Waals surface area contributed by atoms with E-state index in [-0.39, 0.29) is 13.2 Å². The standard InChI is InChI=1S/C11H15NO5S3/c1-12(20(16,17)9-19(2,14)15)7-11-6-10(8-18-11)4-3-5-13/h6,8,13H,5,7,9H2,1-2H3. The van der Waals surface area contributed by atoms with Gasteiger partial charge < -0.3 is 5.11 Å². The Morgan fingerprint density at radius 1 is 1.35 bits per heavy atom. The van der Waals surface area contributed by atoms with Gasteiger partial charge in [-0.15, -0.1) is 11.3 Å². The van der Waals surface area contributed by atoms with Gasteiger partial charge >= 0.3 is 0 Å². The first-order valence-corrected chi connectivity index (χ1v) is 9.98. The molecule has 0 spiro atoms. The van der Waals surface area contributed by atoms with Gasteiger partial charge in [-0.3, -0.25) is 0 Å². The summed E-state index contributed by atoms with van der Waals surface area (Å²) in [5, 5.41) is 9.42. The molecule has 0 atom stereocenters. The molecule has 112 valence electrons. The molecule has 0 aliphatic rings. The van der Waals surface area contributed by atoms with Crippen LogP contribution in [0.4, 0.5) is 0 Å². The van der Waals surface area contributed by atoms with Gasteiger partial charge in [-0.1, -0.05) is 11.8 Å². The number of hydrogen-bond donors (Lipinski definition) is 1. The Kier molecular flexibility index (Phi) is 5.73. The fourth-order valence-electron chi connectivity index (χ4n) is 1.35. The van der Waals surface area contributed by atoms with Gasteiger partial charge in [-0.25, -0.2) is 16.8 Å². The van der Waals surface area contributed by atoms with Crippen molar-refractivity contribution in [2.75, 3.05) is 25.0 Å². The predicted molar refractivity (Wildman–Crippen MR) is 78.4 cm³/mol. The van der Waals surface area contributed by atoms with Crippen LogP contribution < -0.4 is 0 Å². The smallest absolute Gasteiger partial charge is 0.228 e. The maximum Gasteiger partial charge on any atom is 0.228 e. The van der Waals surface area contributed by atoms with E-state index in [2.05, 4.69) is 11.8 Å². The average Bonchev–Trinajstić information content (AvgIpc) is 2.70. The van der Waals surface area contributed by atoms with Crippen molar-refractivity contribution in [2.45, 2.75) is 6.54 Å².